The van der Waals surface area contributed by atoms with Gasteiger partial charge in [0, 0.05) is 11.0 Å². The number of hydrogen-bond donors (Lipinski definition) is 0. The molecule has 0 aliphatic carbocycles. The van der Waals surface area contributed by atoms with Crippen molar-refractivity contribution < 1.29 is 14.3 Å². The van der Waals surface area contributed by atoms with Crippen LogP contribution >= 0.6 is 39.9 Å². The Morgan fingerprint density at radius 3 is 2.88 bits per heavy atom. The number of benzene rings is 1. The number of thioether (sulfide) groups is 1. The number of amides is 1. The molecule has 1 heterocycles. The van der Waals surface area contributed by atoms with Crippen molar-refractivity contribution in [3.63, 3.8) is 0 Å². The highest BCUT2D eigenvalue weighted by molar-refractivity contribution is 9.10. The Morgan fingerprint density at radius 1 is 1.46 bits per heavy atom. The molecule has 1 saturated heterocycles. The minimum atomic E-state index is -0.461. The van der Waals surface area contributed by atoms with Crippen molar-refractivity contribution in [3.05, 3.63) is 39.2 Å². The number of nitrogens with zero attached hydrogens (tertiary/aromatic N) is 2. The zero-order valence-electron chi connectivity index (χ0n) is 13.3. The molecule has 0 saturated carbocycles. The molecule has 1 aliphatic heterocycles. The molecule has 0 radical (unpaired) electrons. The zero-order chi connectivity index (χ0) is 17.7. The van der Waals surface area contributed by atoms with Crippen LogP contribution in [-0.4, -0.2) is 59.8 Å². The lowest BCUT2D eigenvalue weighted by atomic mass is 10.2. The lowest BCUT2D eigenvalue weighted by molar-refractivity contribution is -0.146. The normalized spacial score (nSPS) is 16.3. The highest BCUT2D eigenvalue weighted by Crippen LogP contribution is 2.32. The van der Waals surface area contributed by atoms with Gasteiger partial charge in [0.1, 0.15) is 17.5 Å². The number of thiocarbonyl (C=S) groups is 1. The monoisotopic (exact) mass is 428 g/mol. The Kier molecular flexibility index (Phi) is 6.97. The molecule has 0 N–H and O–H groups in total. The fourth-order valence-electron chi connectivity index (χ4n) is 1.90. The summed E-state index contributed by atoms with van der Waals surface area (Å²) in [6, 6.07) is 7.60. The number of halogens is 1. The van der Waals surface area contributed by atoms with E-state index in [2.05, 4.69) is 15.9 Å². The summed E-state index contributed by atoms with van der Waals surface area (Å²) in [5.41, 5.74) is 0.887. The van der Waals surface area contributed by atoms with E-state index in [-0.39, 0.29) is 19.1 Å². The average Bonchev–Trinajstić information content (AvgIpc) is 2.74. The Labute approximate surface area is 159 Å². The number of esters is 1. The third-order valence-electron chi connectivity index (χ3n) is 3.11. The number of rotatable bonds is 6. The molecule has 8 heteroatoms. The predicted molar refractivity (Wildman–Crippen MR) is 104 cm³/mol. The molecule has 0 spiro atoms. The molecule has 0 aromatic heterocycles. The summed E-state index contributed by atoms with van der Waals surface area (Å²) < 4.78 is 6.41. The molecule has 0 unspecified atom stereocenters. The van der Waals surface area contributed by atoms with Gasteiger partial charge < -0.3 is 9.64 Å². The van der Waals surface area contributed by atoms with Crippen LogP contribution in [0.4, 0.5) is 0 Å². The molecule has 1 aromatic rings. The van der Waals surface area contributed by atoms with Gasteiger partial charge in [-0.15, -0.1) is 0 Å². The second-order valence-corrected chi connectivity index (χ2v) is 7.94. The van der Waals surface area contributed by atoms with Crippen LogP contribution in [0, 0.1) is 0 Å². The Balaban J connectivity index is 2.00. The maximum absolute atomic E-state index is 12.4. The van der Waals surface area contributed by atoms with Gasteiger partial charge in [-0.05, 0) is 37.9 Å². The Morgan fingerprint density at radius 2 is 2.21 bits per heavy atom. The first-order valence-electron chi connectivity index (χ1n) is 7.18. The molecule has 1 aromatic carbocycles. The van der Waals surface area contributed by atoms with Gasteiger partial charge in [0.15, 0.2) is 0 Å². The van der Waals surface area contributed by atoms with Crippen molar-refractivity contribution >= 4 is 62.2 Å². The number of hydrogen-bond acceptors (Lipinski definition) is 6. The van der Waals surface area contributed by atoms with E-state index in [1.807, 2.05) is 43.3 Å². The van der Waals surface area contributed by atoms with Gasteiger partial charge in [-0.25, -0.2) is 0 Å². The number of ether oxygens (including phenoxy) is 1. The molecule has 2 rings (SSSR count). The Hall–Kier alpha value is -1.22. The van der Waals surface area contributed by atoms with E-state index in [1.165, 1.54) is 16.7 Å². The van der Waals surface area contributed by atoms with E-state index in [9.17, 15) is 9.59 Å². The maximum Gasteiger partial charge on any atom is 0.326 e. The molecule has 0 atom stereocenters. The molecular weight excluding hydrogens is 412 g/mol. The summed E-state index contributed by atoms with van der Waals surface area (Å²) in [5.74, 6) is -0.730. The summed E-state index contributed by atoms with van der Waals surface area (Å²) in [7, 11) is 3.78. The van der Waals surface area contributed by atoms with E-state index in [0.717, 1.165) is 10.0 Å². The number of carbonyl (C=O) groups excluding carboxylic acids is 2. The van der Waals surface area contributed by atoms with E-state index in [0.29, 0.717) is 15.8 Å². The van der Waals surface area contributed by atoms with Gasteiger partial charge in [-0.3, -0.25) is 14.5 Å². The summed E-state index contributed by atoms with van der Waals surface area (Å²) >= 11 is 9.80. The van der Waals surface area contributed by atoms with E-state index in [1.54, 1.807) is 6.08 Å². The zero-order valence-corrected chi connectivity index (χ0v) is 16.5. The topological polar surface area (TPSA) is 49.9 Å². The Bertz CT molecular complexity index is 692. The van der Waals surface area contributed by atoms with Gasteiger partial charge in [0.05, 0.1) is 4.91 Å². The third kappa shape index (κ3) is 5.41. The second-order valence-electron chi connectivity index (χ2n) is 5.35. The van der Waals surface area contributed by atoms with Gasteiger partial charge in [0.25, 0.3) is 5.91 Å². The van der Waals surface area contributed by atoms with Crippen molar-refractivity contribution in [2.24, 2.45) is 0 Å². The van der Waals surface area contributed by atoms with Crippen LogP contribution in [0.3, 0.4) is 0 Å². The first-order valence-corrected chi connectivity index (χ1v) is 9.20. The molecule has 128 valence electrons. The van der Waals surface area contributed by atoms with Crippen LogP contribution in [0.15, 0.2) is 33.6 Å². The van der Waals surface area contributed by atoms with Crippen LogP contribution in [0.25, 0.3) is 6.08 Å². The van der Waals surface area contributed by atoms with Crippen molar-refractivity contribution in [3.8, 4) is 0 Å². The van der Waals surface area contributed by atoms with Crippen molar-refractivity contribution in [2.45, 2.75) is 0 Å². The summed E-state index contributed by atoms with van der Waals surface area (Å²) in [6.45, 7) is 0.759. The minimum absolute atomic E-state index is 0.159. The highest BCUT2D eigenvalue weighted by atomic mass is 79.9. The van der Waals surface area contributed by atoms with Gasteiger partial charge in [-0.2, -0.15) is 0 Å². The fraction of sp³-hybridized carbons (Fsp3) is 0.312. The van der Waals surface area contributed by atoms with Crippen LogP contribution in [0.5, 0.6) is 0 Å². The third-order valence-corrected chi connectivity index (χ3v) is 4.98. The first-order chi connectivity index (χ1) is 11.4. The quantitative estimate of drug-likeness (QED) is 0.394. The van der Waals surface area contributed by atoms with Crippen molar-refractivity contribution in [2.75, 3.05) is 33.8 Å². The molecule has 0 bridgehead atoms. The van der Waals surface area contributed by atoms with E-state index < -0.39 is 5.97 Å². The molecule has 1 fully saturated rings. The SMILES string of the molecule is CN(C)CCOC(=O)CN1C(=O)C(=Cc2cccc(Br)c2)SC1=S. The minimum Gasteiger partial charge on any atom is -0.463 e. The standard InChI is InChI=1S/C16H17BrN2O3S2/c1-18(2)6-7-22-14(20)10-19-15(21)13(24-16(19)23)9-11-4-3-5-12(17)8-11/h3-5,8-9H,6-7,10H2,1-2H3. The smallest absolute Gasteiger partial charge is 0.326 e. The molecular formula is C16H17BrN2O3S2. The van der Waals surface area contributed by atoms with E-state index >= 15 is 0 Å². The highest BCUT2D eigenvalue weighted by Gasteiger charge is 2.33. The number of likely N-dealkylation sites (N-methyl/N-ethyl adjacent to an activating group) is 1. The lowest BCUT2D eigenvalue weighted by Gasteiger charge is -2.14. The maximum atomic E-state index is 12.4. The predicted octanol–water partition coefficient (Wildman–Crippen LogP) is 2.76. The largest absolute Gasteiger partial charge is 0.463 e. The fourth-order valence-corrected chi connectivity index (χ4v) is 3.57. The van der Waals surface area contributed by atoms with Crippen molar-refractivity contribution in [1.29, 1.82) is 0 Å². The van der Waals surface area contributed by atoms with Crippen LogP contribution < -0.4 is 0 Å². The molecule has 1 aliphatic rings. The van der Waals surface area contributed by atoms with Crippen LogP contribution in [0.1, 0.15) is 5.56 Å². The van der Waals surface area contributed by atoms with Crippen LogP contribution in [0.2, 0.25) is 0 Å². The van der Waals surface area contributed by atoms with Gasteiger partial charge in [-0.1, -0.05) is 52.0 Å². The molecule has 24 heavy (non-hydrogen) atoms. The second kappa shape index (κ2) is 8.75. The van der Waals surface area contributed by atoms with Crippen molar-refractivity contribution in [1.82, 2.24) is 9.80 Å². The lowest BCUT2D eigenvalue weighted by Crippen LogP contribution is -2.35. The van der Waals surface area contributed by atoms with Gasteiger partial charge in [0.2, 0.25) is 0 Å². The summed E-state index contributed by atoms with van der Waals surface area (Å²) in [4.78, 5) is 28.0. The summed E-state index contributed by atoms with van der Waals surface area (Å²) in [6.07, 6.45) is 1.77. The first kappa shape index (κ1) is 19.1. The van der Waals surface area contributed by atoms with Gasteiger partial charge >= 0.3 is 5.97 Å². The summed E-state index contributed by atoms with van der Waals surface area (Å²) in [5, 5.41) is 0. The van der Waals surface area contributed by atoms with Crippen LogP contribution in [-0.2, 0) is 14.3 Å². The average molecular weight is 429 g/mol. The van der Waals surface area contributed by atoms with E-state index in [4.69, 9.17) is 17.0 Å². The number of carbonyl (C=O) groups is 2. The molecule has 5 nitrogen and oxygen atoms in total. The molecule has 1 amide bonds.